The summed E-state index contributed by atoms with van der Waals surface area (Å²) in [6.07, 6.45) is 3.82. The van der Waals surface area contributed by atoms with Crippen molar-refractivity contribution in [3.05, 3.63) is 48.0 Å². The quantitative estimate of drug-likeness (QED) is 0.941. The third kappa shape index (κ3) is 3.16. The molecule has 1 fully saturated rings. The molecular formula is C15H15FN4O. The van der Waals surface area contributed by atoms with Gasteiger partial charge in [-0.2, -0.15) is 0 Å². The molecular weight excluding hydrogens is 271 g/mol. The maximum Gasteiger partial charge on any atom is 0.274 e. The first-order chi connectivity index (χ1) is 10.2. The van der Waals surface area contributed by atoms with Crippen LogP contribution < -0.4 is 10.2 Å². The summed E-state index contributed by atoms with van der Waals surface area (Å²) < 4.78 is 12.8. The summed E-state index contributed by atoms with van der Waals surface area (Å²) in [5, 5.41) is 2.69. The van der Waals surface area contributed by atoms with Crippen molar-refractivity contribution < 1.29 is 9.18 Å². The highest BCUT2D eigenvalue weighted by Gasteiger charge is 2.16. The normalized spacial score (nSPS) is 14.2. The van der Waals surface area contributed by atoms with Gasteiger partial charge in [0.1, 0.15) is 11.5 Å². The van der Waals surface area contributed by atoms with E-state index in [9.17, 15) is 9.18 Å². The van der Waals surface area contributed by atoms with E-state index in [4.69, 9.17) is 0 Å². The Morgan fingerprint density at radius 3 is 2.57 bits per heavy atom. The van der Waals surface area contributed by atoms with Gasteiger partial charge >= 0.3 is 0 Å². The molecule has 0 spiro atoms. The highest BCUT2D eigenvalue weighted by molar-refractivity contribution is 6.02. The van der Waals surface area contributed by atoms with Crippen LogP contribution in [0.25, 0.3) is 0 Å². The van der Waals surface area contributed by atoms with E-state index in [2.05, 4.69) is 20.2 Å². The van der Waals surface area contributed by atoms with Gasteiger partial charge in [0.15, 0.2) is 0 Å². The number of rotatable bonds is 3. The van der Waals surface area contributed by atoms with Crippen molar-refractivity contribution in [3.8, 4) is 0 Å². The fourth-order valence-electron chi connectivity index (χ4n) is 2.27. The standard InChI is InChI=1S/C15H15FN4O/c16-11-3-5-12(6-4-11)18-14(21)13-7-8-17-15(19-13)20-9-1-2-10-20/h3-8H,1-2,9-10H2,(H,18,21). The molecule has 3 rings (SSSR count). The predicted octanol–water partition coefficient (Wildman–Crippen LogP) is 2.47. The van der Waals surface area contributed by atoms with Crippen LogP contribution in [0.3, 0.4) is 0 Å². The molecule has 2 aromatic rings. The Bertz CT molecular complexity index is 638. The minimum absolute atomic E-state index is 0.302. The molecule has 0 radical (unpaired) electrons. The zero-order chi connectivity index (χ0) is 14.7. The lowest BCUT2D eigenvalue weighted by Crippen LogP contribution is -2.22. The molecule has 1 aliphatic heterocycles. The van der Waals surface area contributed by atoms with Gasteiger partial charge in [0, 0.05) is 25.0 Å². The van der Waals surface area contributed by atoms with Gasteiger partial charge in [-0.25, -0.2) is 14.4 Å². The third-order valence-corrected chi connectivity index (χ3v) is 3.37. The molecule has 0 aliphatic carbocycles. The molecule has 1 saturated heterocycles. The van der Waals surface area contributed by atoms with Crippen LogP contribution in [-0.2, 0) is 0 Å². The van der Waals surface area contributed by atoms with Gasteiger partial charge in [0.25, 0.3) is 5.91 Å². The fourth-order valence-corrected chi connectivity index (χ4v) is 2.27. The second-order valence-electron chi connectivity index (χ2n) is 4.90. The van der Waals surface area contributed by atoms with Gasteiger partial charge in [-0.3, -0.25) is 4.79 Å². The first kappa shape index (κ1) is 13.5. The van der Waals surface area contributed by atoms with Gasteiger partial charge < -0.3 is 10.2 Å². The molecule has 0 saturated carbocycles. The number of aromatic nitrogens is 2. The van der Waals surface area contributed by atoms with Crippen LogP contribution in [-0.4, -0.2) is 29.0 Å². The summed E-state index contributed by atoms with van der Waals surface area (Å²) in [4.78, 5) is 22.7. The number of carbonyl (C=O) groups is 1. The van der Waals surface area contributed by atoms with E-state index in [-0.39, 0.29) is 11.7 Å². The van der Waals surface area contributed by atoms with Crippen LogP contribution in [0.1, 0.15) is 23.3 Å². The average Bonchev–Trinajstić information content (AvgIpc) is 3.04. The summed E-state index contributed by atoms with van der Waals surface area (Å²) in [6.45, 7) is 1.84. The number of amides is 1. The Kier molecular flexibility index (Phi) is 3.77. The second kappa shape index (κ2) is 5.87. The zero-order valence-electron chi connectivity index (χ0n) is 11.4. The number of hydrogen-bond acceptors (Lipinski definition) is 4. The van der Waals surface area contributed by atoms with Gasteiger partial charge in [0.05, 0.1) is 0 Å². The number of carbonyl (C=O) groups excluding carboxylic acids is 1. The van der Waals surface area contributed by atoms with E-state index in [0.717, 1.165) is 25.9 Å². The van der Waals surface area contributed by atoms with E-state index in [1.807, 2.05) is 0 Å². The molecule has 0 bridgehead atoms. The molecule has 5 nitrogen and oxygen atoms in total. The molecule has 1 amide bonds. The van der Waals surface area contributed by atoms with Crippen LogP contribution in [0, 0.1) is 5.82 Å². The molecule has 1 aromatic heterocycles. The number of nitrogens with one attached hydrogen (secondary N) is 1. The highest BCUT2D eigenvalue weighted by Crippen LogP contribution is 2.16. The van der Waals surface area contributed by atoms with E-state index < -0.39 is 0 Å². The number of benzene rings is 1. The first-order valence-corrected chi connectivity index (χ1v) is 6.87. The molecule has 2 heterocycles. The summed E-state index contributed by atoms with van der Waals surface area (Å²) in [5.74, 6) is -0.0879. The van der Waals surface area contributed by atoms with Crippen LogP contribution >= 0.6 is 0 Å². The maximum atomic E-state index is 12.8. The maximum absolute atomic E-state index is 12.8. The fraction of sp³-hybridized carbons (Fsp3) is 0.267. The minimum atomic E-state index is -0.341. The van der Waals surface area contributed by atoms with E-state index >= 15 is 0 Å². The van der Waals surface area contributed by atoms with Gasteiger partial charge in [0.2, 0.25) is 5.95 Å². The van der Waals surface area contributed by atoms with E-state index in [0.29, 0.717) is 17.3 Å². The lowest BCUT2D eigenvalue weighted by Gasteiger charge is -2.15. The minimum Gasteiger partial charge on any atom is -0.341 e. The molecule has 21 heavy (non-hydrogen) atoms. The summed E-state index contributed by atoms with van der Waals surface area (Å²) >= 11 is 0. The lowest BCUT2D eigenvalue weighted by atomic mass is 10.3. The third-order valence-electron chi connectivity index (χ3n) is 3.37. The van der Waals surface area contributed by atoms with Crippen LogP contribution in [0.5, 0.6) is 0 Å². The molecule has 6 heteroatoms. The highest BCUT2D eigenvalue weighted by atomic mass is 19.1. The monoisotopic (exact) mass is 286 g/mol. The number of nitrogens with zero attached hydrogens (tertiary/aromatic N) is 3. The molecule has 0 unspecified atom stereocenters. The molecule has 0 atom stereocenters. The predicted molar refractivity (Wildman–Crippen MR) is 77.8 cm³/mol. The van der Waals surface area contributed by atoms with Crippen molar-refractivity contribution in [2.75, 3.05) is 23.3 Å². The molecule has 1 aliphatic rings. The van der Waals surface area contributed by atoms with Crippen molar-refractivity contribution in [1.29, 1.82) is 0 Å². The molecule has 108 valence electrons. The summed E-state index contributed by atoms with van der Waals surface area (Å²) in [6, 6.07) is 7.18. The Hall–Kier alpha value is -2.50. The van der Waals surface area contributed by atoms with Crippen molar-refractivity contribution in [3.63, 3.8) is 0 Å². The largest absolute Gasteiger partial charge is 0.341 e. The van der Waals surface area contributed by atoms with Gasteiger partial charge in [-0.05, 0) is 43.2 Å². The van der Waals surface area contributed by atoms with Gasteiger partial charge in [-0.1, -0.05) is 0 Å². The number of hydrogen-bond donors (Lipinski definition) is 1. The van der Waals surface area contributed by atoms with Crippen LogP contribution in [0.15, 0.2) is 36.5 Å². The molecule has 1 aromatic carbocycles. The average molecular weight is 286 g/mol. The zero-order valence-corrected chi connectivity index (χ0v) is 11.4. The Labute approximate surface area is 121 Å². The van der Waals surface area contributed by atoms with Crippen LogP contribution in [0.2, 0.25) is 0 Å². The molecule has 1 N–H and O–H groups in total. The number of halogens is 1. The topological polar surface area (TPSA) is 58.1 Å². The Morgan fingerprint density at radius 2 is 1.86 bits per heavy atom. The SMILES string of the molecule is O=C(Nc1ccc(F)cc1)c1ccnc(N2CCCC2)n1. The van der Waals surface area contributed by atoms with E-state index in [1.165, 1.54) is 24.3 Å². The van der Waals surface area contributed by atoms with Crippen molar-refractivity contribution in [2.45, 2.75) is 12.8 Å². The first-order valence-electron chi connectivity index (χ1n) is 6.87. The number of anilines is 2. The van der Waals surface area contributed by atoms with Crippen molar-refractivity contribution in [2.24, 2.45) is 0 Å². The second-order valence-corrected chi connectivity index (χ2v) is 4.90. The van der Waals surface area contributed by atoms with E-state index in [1.54, 1.807) is 12.3 Å². The van der Waals surface area contributed by atoms with Crippen molar-refractivity contribution >= 4 is 17.5 Å². The Balaban J connectivity index is 1.74. The van der Waals surface area contributed by atoms with Crippen LogP contribution in [0.4, 0.5) is 16.0 Å². The van der Waals surface area contributed by atoms with Gasteiger partial charge in [-0.15, -0.1) is 0 Å². The van der Waals surface area contributed by atoms with Crippen molar-refractivity contribution in [1.82, 2.24) is 9.97 Å². The Morgan fingerprint density at radius 1 is 1.14 bits per heavy atom. The summed E-state index contributed by atoms with van der Waals surface area (Å²) in [7, 11) is 0. The smallest absolute Gasteiger partial charge is 0.274 e. The lowest BCUT2D eigenvalue weighted by molar-refractivity contribution is 0.102. The summed E-state index contributed by atoms with van der Waals surface area (Å²) in [5.41, 5.74) is 0.832.